The zero-order chi connectivity index (χ0) is 49.3. The molecule has 6 nitrogen and oxygen atoms in total. The van der Waals surface area contributed by atoms with Gasteiger partial charge in [-0.2, -0.15) is 0 Å². The smallest absolute Gasteiger partial charge is 0.109 e. The zero-order valence-electron chi connectivity index (χ0n) is 41.0. The highest BCUT2D eigenvalue weighted by Crippen LogP contribution is 2.48. The van der Waals surface area contributed by atoms with Crippen LogP contribution in [0, 0.1) is 27.7 Å². The SMILES string of the molecule is Cc1nc2c(-c3ccc(-c4sc(-n5c6ccccc6c6ccccc65)c5ccccc45)cc3)c3nc(C)c(C)nc3c(-c3ccc(-c4sc(-n5c6ccccc6c6ccccc65)c5ccccc45)cc3)c2nc1C. The summed E-state index contributed by atoms with van der Waals surface area (Å²) < 4.78 is 4.89. The van der Waals surface area contributed by atoms with Gasteiger partial charge in [-0.3, -0.25) is 0 Å². The molecule has 350 valence electrons. The number of benzene rings is 9. The van der Waals surface area contributed by atoms with Gasteiger partial charge in [-0.15, -0.1) is 22.7 Å². The molecule has 74 heavy (non-hydrogen) atoms. The second-order valence-corrected chi connectivity index (χ2v) is 21.4. The first-order valence-corrected chi connectivity index (χ1v) is 26.7. The molecule has 9 aromatic carbocycles. The highest BCUT2D eigenvalue weighted by Gasteiger charge is 2.25. The molecule has 0 fully saturated rings. The predicted octanol–water partition coefficient (Wildman–Crippen LogP) is 18.1. The highest BCUT2D eigenvalue weighted by molar-refractivity contribution is 7.20. The van der Waals surface area contributed by atoms with Crippen molar-refractivity contribution in [3.05, 3.63) is 217 Å². The van der Waals surface area contributed by atoms with Crippen molar-refractivity contribution in [3.63, 3.8) is 0 Å². The van der Waals surface area contributed by atoms with E-state index < -0.39 is 0 Å². The minimum Gasteiger partial charge on any atom is -0.300 e. The summed E-state index contributed by atoms with van der Waals surface area (Å²) in [5.41, 5.74) is 17.9. The van der Waals surface area contributed by atoms with Gasteiger partial charge in [0, 0.05) is 64.0 Å². The number of fused-ring (bicyclic) bond motifs is 10. The van der Waals surface area contributed by atoms with Crippen LogP contribution in [-0.4, -0.2) is 29.1 Å². The van der Waals surface area contributed by atoms with Crippen molar-refractivity contribution >= 4 is 110 Å². The molecule has 15 aromatic rings. The fourth-order valence-corrected chi connectivity index (χ4v) is 14.1. The summed E-state index contributed by atoms with van der Waals surface area (Å²) in [7, 11) is 0. The third kappa shape index (κ3) is 6.28. The lowest BCUT2D eigenvalue weighted by Crippen LogP contribution is -2.03. The molecule has 0 radical (unpaired) electrons. The maximum atomic E-state index is 5.38. The minimum absolute atomic E-state index is 0.820. The van der Waals surface area contributed by atoms with Crippen molar-refractivity contribution < 1.29 is 0 Å². The number of rotatable bonds is 6. The fraction of sp³-hybridized carbons (Fsp3) is 0.0606. The molecule has 0 spiro atoms. The van der Waals surface area contributed by atoms with E-state index >= 15 is 0 Å². The molecule has 15 rings (SSSR count). The average Bonchev–Trinajstić information content (AvgIpc) is 4.20. The Bertz CT molecular complexity index is 4340. The predicted molar refractivity (Wildman–Crippen MR) is 313 cm³/mol. The van der Waals surface area contributed by atoms with E-state index in [0.29, 0.717) is 0 Å². The standard InChI is InChI=1S/C66H44N6S2/c1-37-38(2)68-60-58(42-31-35-44(36-32-42)64-50-22-6-8-24-52(50)66(74-64)72-55-27-15-11-19-47(55)48-20-12-16-28-56(48)72)62-61(69-39(3)40(4)70-62)57(59(60)67-37)41-29-33-43(34-30-41)63-49-21-5-7-23-51(49)65(73-63)71-53-25-13-9-17-45(53)46-18-10-14-26-54(46)71/h5-36H,1-4H3. The van der Waals surface area contributed by atoms with Gasteiger partial charge in [0.2, 0.25) is 0 Å². The highest BCUT2D eigenvalue weighted by atomic mass is 32.1. The number of nitrogens with zero attached hydrogens (tertiary/aromatic N) is 6. The Kier molecular flexibility index (Phi) is 9.46. The maximum Gasteiger partial charge on any atom is 0.109 e. The molecule has 0 atom stereocenters. The Morgan fingerprint density at radius 2 is 0.514 bits per heavy atom. The van der Waals surface area contributed by atoms with Crippen LogP contribution in [0.25, 0.3) is 140 Å². The first kappa shape index (κ1) is 42.8. The number of hydrogen-bond acceptors (Lipinski definition) is 6. The van der Waals surface area contributed by atoms with Gasteiger partial charge < -0.3 is 9.13 Å². The van der Waals surface area contributed by atoms with Crippen LogP contribution in [-0.2, 0) is 0 Å². The first-order chi connectivity index (χ1) is 36.4. The van der Waals surface area contributed by atoms with Crippen LogP contribution < -0.4 is 0 Å². The summed E-state index contributed by atoms with van der Waals surface area (Å²) in [6, 6.07) is 70.6. The molecule has 0 aliphatic rings. The summed E-state index contributed by atoms with van der Waals surface area (Å²) in [4.78, 5) is 24.0. The van der Waals surface area contributed by atoms with E-state index in [-0.39, 0.29) is 0 Å². The van der Waals surface area contributed by atoms with E-state index in [9.17, 15) is 0 Å². The Labute approximate surface area is 434 Å². The average molecular weight is 985 g/mol. The number of aryl methyl sites for hydroxylation is 4. The van der Waals surface area contributed by atoms with Crippen LogP contribution in [0.15, 0.2) is 194 Å². The van der Waals surface area contributed by atoms with Crippen LogP contribution in [0.5, 0.6) is 0 Å². The summed E-state index contributed by atoms with van der Waals surface area (Å²) in [5.74, 6) is 0. The molecule has 0 saturated heterocycles. The van der Waals surface area contributed by atoms with Gasteiger partial charge in [-0.05, 0) is 74.2 Å². The third-order valence-corrected chi connectivity index (χ3v) is 17.7. The molecule has 6 aromatic heterocycles. The molecule has 0 N–H and O–H groups in total. The Hall–Kier alpha value is -8.82. The van der Waals surface area contributed by atoms with Gasteiger partial charge in [0.25, 0.3) is 0 Å². The van der Waals surface area contributed by atoms with E-state index in [4.69, 9.17) is 19.9 Å². The summed E-state index contributed by atoms with van der Waals surface area (Å²) in [6.07, 6.45) is 0. The normalized spacial score (nSPS) is 12.1. The summed E-state index contributed by atoms with van der Waals surface area (Å²) in [6.45, 7) is 8.20. The van der Waals surface area contributed by atoms with E-state index in [1.807, 2.05) is 22.7 Å². The maximum absolute atomic E-state index is 5.38. The van der Waals surface area contributed by atoms with E-state index in [2.05, 4.69) is 231 Å². The topological polar surface area (TPSA) is 61.4 Å². The molecular weight excluding hydrogens is 941 g/mol. The summed E-state index contributed by atoms with van der Waals surface area (Å²) in [5, 5.41) is 12.4. The summed E-state index contributed by atoms with van der Waals surface area (Å²) >= 11 is 3.69. The number of thiophene rings is 2. The van der Waals surface area contributed by atoms with Crippen molar-refractivity contribution in [1.82, 2.24) is 29.1 Å². The Morgan fingerprint density at radius 3 is 0.811 bits per heavy atom. The Balaban J connectivity index is 0.876. The lowest BCUT2D eigenvalue weighted by Gasteiger charge is -2.17. The van der Waals surface area contributed by atoms with Crippen molar-refractivity contribution in [2.75, 3.05) is 0 Å². The van der Waals surface area contributed by atoms with Gasteiger partial charge in [-0.1, -0.05) is 170 Å². The van der Waals surface area contributed by atoms with Gasteiger partial charge in [0.05, 0.1) is 66.9 Å². The van der Waals surface area contributed by atoms with Crippen molar-refractivity contribution in [2.24, 2.45) is 0 Å². The van der Waals surface area contributed by atoms with E-state index in [0.717, 1.165) is 78.2 Å². The van der Waals surface area contributed by atoms with Gasteiger partial charge in [0.1, 0.15) is 10.0 Å². The Morgan fingerprint density at radius 1 is 0.270 bits per heavy atom. The molecule has 0 amide bonds. The lowest BCUT2D eigenvalue weighted by atomic mass is 9.93. The van der Waals surface area contributed by atoms with Gasteiger partial charge >= 0.3 is 0 Å². The molecule has 0 aliphatic carbocycles. The molecule has 0 saturated carbocycles. The monoisotopic (exact) mass is 984 g/mol. The van der Waals surface area contributed by atoms with E-state index in [1.54, 1.807) is 0 Å². The lowest BCUT2D eigenvalue weighted by molar-refractivity contribution is 1.09. The largest absolute Gasteiger partial charge is 0.300 e. The second-order valence-electron chi connectivity index (χ2n) is 19.4. The molecule has 0 aliphatic heterocycles. The quantitative estimate of drug-likeness (QED) is 0.156. The van der Waals surface area contributed by atoms with Crippen LogP contribution in [0.1, 0.15) is 22.8 Å². The minimum atomic E-state index is 0.820. The van der Waals surface area contributed by atoms with Crippen molar-refractivity contribution in [2.45, 2.75) is 27.7 Å². The number of hydrogen-bond donors (Lipinski definition) is 0. The first-order valence-electron chi connectivity index (χ1n) is 25.1. The molecule has 6 heterocycles. The molecular formula is C66H44N6S2. The van der Waals surface area contributed by atoms with Crippen molar-refractivity contribution in [1.29, 1.82) is 0 Å². The molecule has 8 heteroatoms. The van der Waals surface area contributed by atoms with Crippen molar-refractivity contribution in [3.8, 4) is 53.1 Å². The zero-order valence-corrected chi connectivity index (χ0v) is 42.6. The van der Waals surface area contributed by atoms with Crippen LogP contribution >= 0.6 is 22.7 Å². The second kappa shape index (κ2) is 16.3. The fourth-order valence-electron chi connectivity index (χ4n) is 11.4. The van der Waals surface area contributed by atoms with Crippen LogP contribution in [0.4, 0.5) is 0 Å². The van der Waals surface area contributed by atoms with Crippen LogP contribution in [0.2, 0.25) is 0 Å². The van der Waals surface area contributed by atoms with Crippen LogP contribution in [0.3, 0.4) is 0 Å². The molecule has 0 bridgehead atoms. The number of para-hydroxylation sites is 4. The number of aromatic nitrogens is 6. The molecule has 0 unspecified atom stereocenters. The third-order valence-electron chi connectivity index (χ3n) is 15.2. The van der Waals surface area contributed by atoms with Gasteiger partial charge in [0.15, 0.2) is 0 Å². The van der Waals surface area contributed by atoms with Gasteiger partial charge in [-0.25, -0.2) is 19.9 Å². The van der Waals surface area contributed by atoms with E-state index in [1.165, 1.54) is 84.9 Å².